The van der Waals surface area contributed by atoms with E-state index in [9.17, 15) is 54.3 Å². The zero-order valence-electron chi connectivity index (χ0n) is 43.8. The largest absolute Gasteiger partial charge is 0.496 e. The molecule has 3 aromatic carbocycles. The normalized spacial score (nSPS) is 17.5. The number of carbonyl (C=O) groups excluding carboxylic acids is 3. The number of aliphatic carboxylic acids is 3. The second kappa shape index (κ2) is 27.0. The van der Waals surface area contributed by atoms with Crippen molar-refractivity contribution in [1.29, 1.82) is 0 Å². The number of aromatic nitrogens is 2. The molecule has 3 aliphatic heterocycles. The maximum atomic E-state index is 14.4. The molecule has 0 radical (unpaired) electrons. The van der Waals surface area contributed by atoms with Gasteiger partial charge in [0, 0.05) is 104 Å². The Morgan fingerprint density at radius 2 is 1.33 bits per heavy atom. The van der Waals surface area contributed by atoms with Crippen LogP contribution in [0.15, 0.2) is 54.6 Å². The van der Waals surface area contributed by atoms with E-state index in [0.29, 0.717) is 80.6 Å². The number of carboxylic acids is 3. The number of amides is 3. The first-order valence-corrected chi connectivity index (χ1v) is 26.3. The van der Waals surface area contributed by atoms with Crippen molar-refractivity contribution >= 4 is 64.5 Å². The quantitative estimate of drug-likeness (QED) is 0.0669. The van der Waals surface area contributed by atoms with Gasteiger partial charge >= 0.3 is 17.9 Å². The number of nitrogens with zero attached hydrogens (tertiary/aromatic N) is 7. The van der Waals surface area contributed by atoms with E-state index < -0.39 is 47.5 Å². The molecular formula is C53H67Cl2N9O14. The first kappa shape index (κ1) is 59.3. The number of morpholine rings is 1. The van der Waals surface area contributed by atoms with Crippen molar-refractivity contribution < 1.29 is 68.5 Å². The number of anilines is 1. The Morgan fingerprint density at radius 1 is 0.744 bits per heavy atom. The van der Waals surface area contributed by atoms with Gasteiger partial charge in [-0.25, -0.2) is 4.68 Å². The van der Waals surface area contributed by atoms with E-state index in [1.807, 2.05) is 26.0 Å². The molecular weight excluding hydrogens is 1060 g/mol. The fraction of sp³-hybridized carbons (Fsp3) is 0.491. The van der Waals surface area contributed by atoms with Crippen LogP contribution in [0.5, 0.6) is 11.5 Å². The average molecular weight is 1130 g/mol. The van der Waals surface area contributed by atoms with Gasteiger partial charge in [-0.1, -0.05) is 35.3 Å². The Morgan fingerprint density at radius 3 is 1.90 bits per heavy atom. The predicted molar refractivity (Wildman–Crippen MR) is 287 cm³/mol. The van der Waals surface area contributed by atoms with Crippen LogP contribution in [-0.2, 0) is 35.3 Å². The standard InChI is InChI=1S/C53H67Cl2N9O14/c1-53(2)32-77-18-17-63(53)52(75)50-42-31-78-44-26-43(76-3)40(25-41(44)51(42)64(58-50)37-21-34(54)20-35(55)22-37)33-5-4-6-36(19-33)57-45(67)24-39(66)23-38(65)7-8-56-46(68)27-59-9-11-60(28-47(69)70)13-15-62(30-49(73)74)16-14-61(12-10-59)29-48(71)72/h4-6,19-22,25-26,38-39,65-66H,7-18,23-24,27-32H2,1-3H3,(H,56,68)(H,57,67)(H,69,70)(H,71,72)(H,73,74)/t38-,39-/m1/s1. The predicted octanol–water partition coefficient (Wildman–Crippen LogP) is 3.09. The summed E-state index contributed by atoms with van der Waals surface area (Å²) < 4.78 is 19.5. The Hall–Kier alpha value is -6.41. The highest BCUT2D eigenvalue weighted by Gasteiger charge is 2.39. The van der Waals surface area contributed by atoms with E-state index in [4.69, 9.17) is 42.5 Å². The lowest BCUT2D eigenvalue weighted by Gasteiger charge is -2.41. The van der Waals surface area contributed by atoms with Crippen LogP contribution < -0.4 is 20.1 Å². The SMILES string of the molecule is COc1cc2c(cc1-c1cccc(NC(=O)C[C@H](O)C[C@H](O)CCNC(=O)CN3CCN(CC(=O)O)CCN(CC(=O)O)CCN(CC(=O)O)CC3)c1)-c1c(c(C(=O)N3CCOCC3(C)C)nn1-c1cc(Cl)cc(Cl)c1)CO2. The van der Waals surface area contributed by atoms with Gasteiger partial charge in [0.2, 0.25) is 11.8 Å². The number of hydrogen-bond donors (Lipinski definition) is 7. The van der Waals surface area contributed by atoms with Crippen LogP contribution in [0.1, 0.15) is 49.2 Å². The number of carbonyl (C=O) groups is 6. The molecule has 4 heterocycles. The minimum absolute atomic E-state index is 0.0325. The summed E-state index contributed by atoms with van der Waals surface area (Å²) in [6.45, 7) is 6.02. The molecule has 422 valence electrons. The average Bonchev–Trinajstić information content (AvgIpc) is 3.83. The highest BCUT2D eigenvalue weighted by atomic mass is 35.5. The summed E-state index contributed by atoms with van der Waals surface area (Å²) in [6.07, 6.45) is -2.77. The summed E-state index contributed by atoms with van der Waals surface area (Å²) in [5.74, 6) is -3.45. The summed E-state index contributed by atoms with van der Waals surface area (Å²) >= 11 is 13.0. The van der Waals surface area contributed by atoms with Crippen molar-refractivity contribution in [3.8, 4) is 39.6 Å². The van der Waals surface area contributed by atoms with Gasteiger partial charge < -0.3 is 55.3 Å². The van der Waals surface area contributed by atoms with Gasteiger partial charge in [-0.3, -0.25) is 48.4 Å². The maximum absolute atomic E-state index is 14.4. The number of nitrogens with one attached hydrogen (secondary N) is 2. The van der Waals surface area contributed by atoms with E-state index in [-0.39, 0.29) is 123 Å². The molecule has 2 fully saturated rings. The molecule has 0 aliphatic carbocycles. The molecule has 25 heteroatoms. The number of rotatable bonds is 20. The minimum atomic E-state index is -1.24. The van der Waals surface area contributed by atoms with E-state index >= 15 is 0 Å². The number of hydrogen-bond acceptors (Lipinski definition) is 16. The number of aliphatic hydroxyl groups excluding tert-OH is 2. The number of methoxy groups -OCH3 is 1. The van der Waals surface area contributed by atoms with E-state index in [2.05, 4.69) is 10.6 Å². The van der Waals surface area contributed by atoms with Gasteiger partial charge in [0.15, 0.2) is 5.69 Å². The Balaban J connectivity index is 0.971. The second-order valence-corrected chi connectivity index (χ2v) is 21.0. The number of halogens is 2. The molecule has 0 spiro atoms. The summed E-state index contributed by atoms with van der Waals surface area (Å²) in [4.78, 5) is 84.2. The highest BCUT2D eigenvalue weighted by Crippen LogP contribution is 2.47. The third-order valence-corrected chi connectivity index (χ3v) is 14.1. The highest BCUT2D eigenvalue weighted by molar-refractivity contribution is 6.34. The molecule has 3 amide bonds. The Kier molecular flexibility index (Phi) is 20.5. The van der Waals surface area contributed by atoms with Crippen LogP contribution >= 0.6 is 23.2 Å². The van der Waals surface area contributed by atoms with Crippen LogP contribution in [0.3, 0.4) is 0 Å². The molecule has 7 rings (SSSR count). The second-order valence-electron chi connectivity index (χ2n) is 20.2. The van der Waals surface area contributed by atoms with Crippen molar-refractivity contribution in [1.82, 2.24) is 39.6 Å². The van der Waals surface area contributed by atoms with Crippen LogP contribution in [0, 0.1) is 0 Å². The molecule has 7 N–H and O–H groups in total. The van der Waals surface area contributed by atoms with E-state index in [0.717, 1.165) is 0 Å². The number of fused-ring (bicyclic) bond motifs is 3. The van der Waals surface area contributed by atoms with Gasteiger partial charge in [0.05, 0.1) is 82.1 Å². The number of ether oxygens (including phenoxy) is 3. The zero-order valence-corrected chi connectivity index (χ0v) is 45.3. The number of aliphatic hydroxyl groups is 2. The lowest BCUT2D eigenvalue weighted by atomic mass is 9.95. The monoisotopic (exact) mass is 1120 g/mol. The lowest BCUT2D eigenvalue weighted by Crippen LogP contribution is -2.55. The summed E-state index contributed by atoms with van der Waals surface area (Å²) in [5, 5.41) is 61.4. The van der Waals surface area contributed by atoms with Crippen molar-refractivity contribution in [3.05, 3.63) is 75.9 Å². The zero-order chi connectivity index (χ0) is 56.3. The molecule has 1 aromatic heterocycles. The molecule has 2 atom stereocenters. The Bertz CT molecular complexity index is 2780. The lowest BCUT2D eigenvalue weighted by molar-refractivity contribution is -0.140. The first-order chi connectivity index (χ1) is 37.2. The van der Waals surface area contributed by atoms with Crippen molar-refractivity contribution in [2.24, 2.45) is 0 Å². The molecule has 4 aromatic rings. The third-order valence-electron chi connectivity index (χ3n) is 13.7. The van der Waals surface area contributed by atoms with Gasteiger partial charge in [0.1, 0.15) is 18.1 Å². The van der Waals surface area contributed by atoms with E-state index in [1.165, 1.54) is 7.11 Å². The van der Waals surface area contributed by atoms with Crippen molar-refractivity contribution in [2.45, 2.75) is 57.5 Å². The van der Waals surface area contributed by atoms with Crippen molar-refractivity contribution in [2.75, 3.05) is 117 Å². The fourth-order valence-electron chi connectivity index (χ4n) is 9.78. The van der Waals surface area contributed by atoms with Crippen LogP contribution in [0.4, 0.5) is 5.69 Å². The minimum Gasteiger partial charge on any atom is -0.496 e. The van der Waals surface area contributed by atoms with E-state index in [1.54, 1.807) is 71.6 Å². The molecule has 23 nitrogen and oxygen atoms in total. The molecule has 3 aliphatic rings. The molecule has 78 heavy (non-hydrogen) atoms. The summed E-state index contributed by atoms with van der Waals surface area (Å²) in [6, 6.07) is 15.7. The van der Waals surface area contributed by atoms with Crippen LogP contribution in [0.2, 0.25) is 10.0 Å². The maximum Gasteiger partial charge on any atom is 0.317 e. The first-order valence-electron chi connectivity index (χ1n) is 25.6. The summed E-state index contributed by atoms with van der Waals surface area (Å²) in [5.41, 5.74) is 3.55. The smallest absolute Gasteiger partial charge is 0.317 e. The third kappa shape index (κ3) is 16.1. The number of carboxylic acid groups (broad SMARTS) is 3. The Labute approximate surface area is 461 Å². The van der Waals surface area contributed by atoms with Crippen LogP contribution in [0.25, 0.3) is 28.1 Å². The van der Waals surface area contributed by atoms with Crippen molar-refractivity contribution in [3.63, 3.8) is 0 Å². The fourth-order valence-corrected chi connectivity index (χ4v) is 10.3. The number of benzene rings is 3. The molecule has 2 saturated heterocycles. The molecule has 0 unspecified atom stereocenters. The summed E-state index contributed by atoms with van der Waals surface area (Å²) in [7, 11) is 1.53. The van der Waals surface area contributed by atoms with Gasteiger partial charge in [-0.15, -0.1) is 0 Å². The van der Waals surface area contributed by atoms with Gasteiger partial charge in [0.25, 0.3) is 5.91 Å². The van der Waals surface area contributed by atoms with Gasteiger partial charge in [-0.2, -0.15) is 5.10 Å². The van der Waals surface area contributed by atoms with Gasteiger partial charge in [-0.05, 0) is 68.7 Å². The van der Waals surface area contributed by atoms with Crippen LogP contribution in [-0.4, -0.2) is 225 Å². The molecule has 0 saturated carbocycles. The molecule has 0 bridgehead atoms. The topological polar surface area (TPSA) is 289 Å².